The molecular weight excluding hydrogens is 198 g/mol. The molecule has 0 aliphatic carbocycles. The maximum absolute atomic E-state index is 5.73. The van der Waals surface area contributed by atoms with Crippen LogP contribution in [0, 0.1) is 5.92 Å². The number of para-hydroxylation sites is 1. The van der Waals surface area contributed by atoms with Crippen molar-refractivity contribution in [2.75, 3.05) is 24.5 Å². The lowest BCUT2D eigenvalue weighted by Gasteiger charge is -2.22. The fourth-order valence-electron chi connectivity index (χ4n) is 2.62. The number of rotatable bonds is 2. The molecule has 2 aliphatic rings. The molecule has 1 atom stereocenters. The van der Waals surface area contributed by atoms with Crippen LogP contribution in [0.3, 0.4) is 0 Å². The van der Waals surface area contributed by atoms with Crippen LogP contribution in [0.2, 0.25) is 0 Å². The normalized spacial score (nSPS) is 22.9. The number of nitrogens with two attached hydrogens (primary N) is 1. The van der Waals surface area contributed by atoms with Crippen LogP contribution in [0.1, 0.15) is 5.56 Å². The van der Waals surface area contributed by atoms with Gasteiger partial charge in [-0.05, 0) is 24.1 Å². The maximum Gasteiger partial charge on any atom is 0.0923 e. The van der Waals surface area contributed by atoms with Crippen molar-refractivity contribution in [3.8, 4) is 0 Å². The summed E-state index contributed by atoms with van der Waals surface area (Å²) in [5.74, 6) is 1.38. The predicted molar refractivity (Wildman–Crippen MR) is 66.1 cm³/mol. The molecule has 3 rings (SSSR count). The Hall–Kier alpha value is -1.64. The minimum absolute atomic E-state index is 0.547. The van der Waals surface area contributed by atoms with Crippen molar-refractivity contribution in [3.05, 3.63) is 41.7 Å². The highest BCUT2D eigenvalue weighted by Crippen LogP contribution is 2.28. The monoisotopic (exact) mass is 215 g/mol. The highest BCUT2D eigenvalue weighted by molar-refractivity contribution is 5.57. The largest absolute Gasteiger partial charge is 0.386 e. The van der Waals surface area contributed by atoms with Crippen LogP contribution in [0.4, 0.5) is 5.69 Å². The molecule has 84 valence electrons. The summed E-state index contributed by atoms with van der Waals surface area (Å²) in [5.41, 5.74) is 8.61. The van der Waals surface area contributed by atoms with E-state index in [1.54, 1.807) is 0 Å². The van der Waals surface area contributed by atoms with E-state index in [1.165, 1.54) is 17.7 Å². The van der Waals surface area contributed by atoms with Crippen LogP contribution in [0.15, 0.2) is 36.2 Å². The van der Waals surface area contributed by atoms with Gasteiger partial charge >= 0.3 is 0 Å². The second kappa shape index (κ2) is 3.74. The van der Waals surface area contributed by atoms with Gasteiger partial charge in [0.25, 0.3) is 0 Å². The van der Waals surface area contributed by atoms with E-state index >= 15 is 0 Å². The number of hydrogen-bond donors (Lipinski definition) is 2. The molecule has 1 aromatic carbocycles. The van der Waals surface area contributed by atoms with E-state index in [9.17, 15) is 0 Å². The zero-order valence-electron chi connectivity index (χ0n) is 9.32. The lowest BCUT2D eigenvalue weighted by atomic mass is 10.1. The summed E-state index contributed by atoms with van der Waals surface area (Å²) < 4.78 is 0. The molecule has 0 aromatic heterocycles. The molecule has 0 saturated heterocycles. The van der Waals surface area contributed by atoms with Crippen molar-refractivity contribution >= 4 is 5.69 Å². The van der Waals surface area contributed by atoms with Crippen LogP contribution in [-0.4, -0.2) is 19.6 Å². The lowest BCUT2D eigenvalue weighted by molar-refractivity contribution is 0.627. The molecule has 2 aliphatic heterocycles. The quantitative estimate of drug-likeness (QED) is 0.775. The molecule has 0 radical (unpaired) electrons. The second-order valence-electron chi connectivity index (χ2n) is 4.59. The average molecular weight is 215 g/mol. The Morgan fingerprint density at radius 1 is 1.38 bits per heavy atom. The summed E-state index contributed by atoms with van der Waals surface area (Å²) >= 11 is 0. The molecule has 0 amide bonds. The first-order valence-electron chi connectivity index (χ1n) is 5.87. The highest BCUT2D eigenvalue weighted by Gasteiger charge is 2.22. The maximum atomic E-state index is 5.73. The molecule has 0 fully saturated rings. The fourth-order valence-corrected chi connectivity index (χ4v) is 2.62. The number of nitrogens with one attached hydrogen (secondary N) is 1. The van der Waals surface area contributed by atoms with Gasteiger partial charge in [0.1, 0.15) is 0 Å². The Balaban J connectivity index is 1.74. The molecule has 0 bridgehead atoms. The summed E-state index contributed by atoms with van der Waals surface area (Å²) in [6.45, 7) is 3.19. The number of fused-ring (bicyclic) bond motifs is 1. The number of nitrogens with zero attached hydrogens (tertiary/aromatic N) is 1. The molecule has 3 N–H and O–H groups in total. The summed E-state index contributed by atoms with van der Waals surface area (Å²) in [7, 11) is 0. The molecular formula is C13H17N3. The summed E-state index contributed by atoms with van der Waals surface area (Å²) in [6.07, 6.45) is 3.32. The van der Waals surface area contributed by atoms with Gasteiger partial charge in [0.15, 0.2) is 0 Å². The van der Waals surface area contributed by atoms with E-state index < -0.39 is 0 Å². The highest BCUT2D eigenvalue weighted by atomic mass is 15.2. The Kier molecular flexibility index (Phi) is 2.24. The zero-order valence-corrected chi connectivity index (χ0v) is 9.32. The third-order valence-electron chi connectivity index (χ3n) is 3.42. The molecule has 0 spiro atoms. The number of hydrogen-bond acceptors (Lipinski definition) is 3. The first kappa shape index (κ1) is 9.58. The van der Waals surface area contributed by atoms with Crippen molar-refractivity contribution in [2.45, 2.75) is 6.42 Å². The summed E-state index contributed by atoms with van der Waals surface area (Å²) in [5, 5.41) is 3.18. The molecule has 1 aromatic rings. The van der Waals surface area contributed by atoms with Gasteiger partial charge in [0, 0.05) is 31.2 Å². The topological polar surface area (TPSA) is 41.3 Å². The molecule has 16 heavy (non-hydrogen) atoms. The van der Waals surface area contributed by atoms with Crippen LogP contribution in [0.5, 0.6) is 0 Å². The minimum Gasteiger partial charge on any atom is -0.386 e. The van der Waals surface area contributed by atoms with Gasteiger partial charge in [-0.25, -0.2) is 0 Å². The standard InChI is InChI=1S/C13H17N3/c14-13-7-10(8-15-13)9-16-6-5-11-3-1-2-4-12(11)16/h1-4,7,10,15H,5-6,8-9,14H2/t10-/m1/s1. The van der Waals surface area contributed by atoms with E-state index in [-0.39, 0.29) is 0 Å². The van der Waals surface area contributed by atoms with E-state index in [1.807, 2.05) is 0 Å². The van der Waals surface area contributed by atoms with E-state index in [0.717, 1.165) is 25.5 Å². The van der Waals surface area contributed by atoms with Crippen LogP contribution in [0.25, 0.3) is 0 Å². The van der Waals surface area contributed by atoms with Crippen molar-refractivity contribution in [3.63, 3.8) is 0 Å². The van der Waals surface area contributed by atoms with Gasteiger partial charge in [-0.15, -0.1) is 0 Å². The van der Waals surface area contributed by atoms with Gasteiger partial charge in [-0.2, -0.15) is 0 Å². The van der Waals surface area contributed by atoms with Gasteiger partial charge in [-0.1, -0.05) is 18.2 Å². The first-order valence-corrected chi connectivity index (χ1v) is 5.87. The van der Waals surface area contributed by atoms with Crippen molar-refractivity contribution < 1.29 is 0 Å². The molecule has 3 nitrogen and oxygen atoms in total. The minimum atomic E-state index is 0.547. The van der Waals surface area contributed by atoms with Gasteiger partial charge in [0.05, 0.1) is 5.82 Å². The van der Waals surface area contributed by atoms with Gasteiger partial charge in [0.2, 0.25) is 0 Å². The molecule has 3 heteroatoms. The third-order valence-corrected chi connectivity index (χ3v) is 3.42. The Morgan fingerprint density at radius 2 is 2.25 bits per heavy atom. The van der Waals surface area contributed by atoms with Gasteiger partial charge in [-0.3, -0.25) is 0 Å². The fraction of sp³-hybridized carbons (Fsp3) is 0.385. The Labute approximate surface area is 95.9 Å². The molecule has 0 saturated carbocycles. The van der Waals surface area contributed by atoms with Gasteiger partial charge < -0.3 is 16.0 Å². The zero-order chi connectivity index (χ0) is 11.0. The summed E-state index contributed by atoms with van der Waals surface area (Å²) in [4.78, 5) is 2.47. The second-order valence-corrected chi connectivity index (χ2v) is 4.59. The first-order chi connectivity index (χ1) is 7.83. The van der Waals surface area contributed by atoms with E-state index in [0.29, 0.717) is 5.92 Å². The average Bonchev–Trinajstić information content (AvgIpc) is 2.87. The third kappa shape index (κ3) is 1.62. The smallest absolute Gasteiger partial charge is 0.0923 e. The van der Waals surface area contributed by atoms with Crippen molar-refractivity contribution in [1.82, 2.24) is 5.32 Å². The SMILES string of the molecule is NC1=C[C@@H](CN2CCc3ccccc32)CN1. The Morgan fingerprint density at radius 3 is 3.06 bits per heavy atom. The van der Waals surface area contributed by atoms with E-state index in [2.05, 4.69) is 40.6 Å². The van der Waals surface area contributed by atoms with Crippen molar-refractivity contribution in [1.29, 1.82) is 0 Å². The van der Waals surface area contributed by atoms with E-state index in [4.69, 9.17) is 5.73 Å². The van der Waals surface area contributed by atoms with Crippen LogP contribution >= 0.6 is 0 Å². The summed E-state index contributed by atoms with van der Waals surface area (Å²) in [6, 6.07) is 8.69. The van der Waals surface area contributed by atoms with Crippen LogP contribution in [-0.2, 0) is 6.42 Å². The molecule has 2 heterocycles. The number of benzene rings is 1. The Bertz CT molecular complexity index is 425. The predicted octanol–water partition coefficient (Wildman–Crippen LogP) is 1.07. The lowest BCUT2D eigenvalue weighted by Crippen LogP contribution is -2.29. The molecule has 0 unspecified atom stereocenters. The van der Waals surface area contributed by atoms with Crippen molar-refractivity contribution in [2.24, 2.45) is 11.7 Å². The number of anilines is 1. The van der Waals surface area contributed by atoms with Crippen LogP contribution < -0.4 is 16.0 Å².